The molecule has 0 fully saturated rings. The molecule has 0 aliphatic heterocycles. The van der Waals surface area contributed by atoms with Crippen molar-refractivity contribution in [2.75, 3.05) is 18.8 Å². The molecule has 0 unspecified atom stereocenters. The van der Waals surface area contributed by atoms with Crippen LogP contribution in [0.1, 0.15) is 25.8 Å². The summed E-state index contributed by atoms with van der Waals surface area (Å²) in [6, 6.07) is 5.66. The van der Waals surface area contributed by atoms with Crippen LogP contribution in [0.3, 0.4) is 0 Å². The van der Waals surface area contributed by atoms with Crippen molar-refractivity contribution >= 4 is 17.3 Å². The summed E-state index contributed by atoms with van der Waals surface area (Å²) in [7, 11) is 0. The van der Waals surface area contributed by atoms with E-state index in [1.807, 2.05) is 18.2 Å². The molecule has 0 amide bonds. The number of hydrogen-bond acceptors (Lipinski definition) is 2. The molecule has 15 heavy (non-hydrogen) atoms. The van der Waals surface area contributed by atoms with Gasteiger partial charge in [-0.05, 0) is 43.3 Å². The van der Waals surface area contributed by atoms with Crippen LogP contribution in [0.5, 0.6) is 0 Å². The summed E-state index contributed by atoms with van der Waals surface area (Å²) >= 11 is 5.95. The first kappa shape index (κ1) is 12.3. The molecule has 0 aliphatic carbocycles. The Hall–Kier alpha value is -0.730. The zero-order valence-corrected chi connectivity index (χ0v) is 10.2. The Morgan fingerprint density at radius 1 is 1.33 bits per heavy atom. The van der Waals surface area contributed by atoms with Gasteiger partial charge in [0.2, 0.25) is 0 Å². The van der Waals surface area contributed by atoms with Gasteiger partial charge in [0.05, 0.1) is 0 Å². The van der Waals surface area contributed by atoms with E-state index < -0.39 is 0 Å². The van der Waals surface area contributed by atoms with Gasteiger partial charge in [0.25, 0.3) is 0 Å². The predicted molar refractivity (Wildman–Crippen MR) is 67.1 cm³/mol. The van der Waals surface area contributed by atoms with Crippen molar-refractivity contribution in [1.82, 2.24) is 4.90 Å². The minimum atomic E-state index is 0.756. The second-order valence-corrected chi connectivity index (χ2v) is 4.15. The molecule has 84 valence electrons. The van der Waals surface area contributed by atoms with Crippen molar-refractivity contribution in [3.05, 3.63) is 28.8 Å². The number of nitrogen functional groups attached to an aromatic ring is 1. The zero-order chi connectivity index (χ0) is 11.3. The van der Waals surface area contributed by atoms with Gasteiger partial charge in [-0.1, -0.05) is 25.4 Å². The maximum absolute atomic E-state index is 5.95. The lowest BCUT2D eigenvalue weighted by Crippen LogP contribution is -2.24. The van der Waals surface area contributed by atoms with Crippen molar-refractivity contribution in [3.8, 4) is 0 Å². The maximum Gasteiger partial charge on any atom is 0.0410 e. The Labute approximate surface area is 97.0 Å². The van der Waals surface area contributed by atoms with Gasteiger partial charge in [-0.2, -0.15) is 0 Å². The van der Waals surface area contributed by atoms with Crippen LogP contribution in [-0.2, 0) is 6.54 Å². The number of nitrogens with zero attached hydrogens (tertiary/aromatic N) is 1. The third-order valence-corrected chi connectivity index (χ3v) is 2.72. The van der Waals surface area contributed by atoms with Crippen LogP contribution in [0.4, 0.5) is 5.69 Å². The van der Waals surface area contributed by atoms with Crippen LogP contribution in [0.15, 0.2) is 18.2 Å². The molecule has 0 radical (unpaired) electrons. The fraction of sp³-hybridized carbons (Fsp3) is 0.500. The molecule has 1 aromatic rings. The van der Waals surface area contributed by atoms with Crippen LogP contribution in [0.25, 0.3) is 0 Å². The minimum absolute atomic E-state index is 0.756. The highest BCUT2D eigenvalue weighted by Gasteiger charge is 2.05. The van der Waals surface area contributed by atoms with Crippen molar-refractivity contribution in [2.45, 2.75) is 26.8 Å². The minimum Gasteiger partial charge on any atom is -0.398 e. The Morgan fingerprint density at radius 2 is 2.07 bits per heavy atom. The van der Waals surface area contributed by atoms with Gasteiger partial charge in [-0.3, -0.25) is 4.90 Å². The van der Waals surface area contributed by atoms with Crippen LogP contribution < -0.4 is 5.73 Å². The van der Waals surface area contributed by atoms with E-state index in [1.165, 1.54) is 0 Å². The molecule has 0 saturated carbocycles. The predicted octanol–water partition coefficient (Wildman–Crippen LogP) is 3.15. The third-order valence-electron chi connectivity index (χ3n) is 2.49. The van der Waals surface area contributed by atoms with E-state index in [9.17, 15) is 0 Å². The molecule has 0 atom stereocenters. The Balaban J connectivity index is 2.73. The van der Waals surface area contributed by atoms with Crippen LogP contribution in [-0.4, -0.2) is 18.0 Å². The van der Waals surface area contributed by atoms with Crippen molar-refractivity contribution in [1.29, 1.82) is 0 Å². The first-order valence-electron chi connectivity index (χ1n) is 5.43. The van der Waals surface area contributed by atoms with E-state index in [0.717, 1.165) is 42.3 Å². The fourth-order valence-electron chi connectivity index (χ4n) is 1.62. The number of nitrogens with two attached hydrogens (primary N) is 1. The van der Waals surface area contributed by atoms with Gasteiger partial charge in [0.15, 0.2) is 0 Å². The average molecular weight is 227 g/mol. The molecule has 0 saturated heterocycles. The molecule has 0 bridgehead atoms. The van der Waals surface area contributed by atoms with E-state index in [1.54, 1.807) is 0 Å². The molecule has 2 N–H and O–H groups in total. The standard InChI is InChI=1S/C12H19ClN2/c1-3-7-15(4-2)9-10-8-11(13)5-6-12(10)14/h5-6,8H,3-4,7,9,14H2,1-2H3. The van der Waals surface area contributed by atoms with Crippen LogP contribution >= 0.6 is 11.6 Å². The van der Waals surface area contributed by atoms with E-state index in [4.69, 9.17) is 17.3 Å². The van der Waals surface area contributed by atoms with Crippen LogP contribution in [0.2, 0.25) is 5.02 Å². The molecule has 0 heterocycles. The largest absolute Gasteiger partial charge is 0.398 e. The smallest absolute Gasteiger partial charge is 0.0410 e. The number of halogens is 1. The van der Waals surface area contributed by atoms with Gasteiger partial charge in [0, 0.05) is 17.3 Å². The lowest BCUT2D eigenvalue weighted by Gasteiger charge is -2.20. The fourth-order valence-corrected chi connectivity index (χ4v) is 1.81. The normalized spacial score (nSPS) is 10.9. The Kier molecular flexibility index (Phi) is 4.92. The van der Waals surface area contributed by atoms with Crippen molar-refractivity contribution in [3.63, 3.8) is 0 Å². The molecule has 0 aliphatic rings. The maximum atomic E-state index is 5.95. The third kappa shape index (κ3) is 3.73. The van der Waals surface area contributed by atoms with Gasteiger partial charge < -0.3 is 5.73 Å². The van der Waals surface area contributed by atoms with Gasteiger partial charge in [-0.25, -0.2) is 0 Å². The molecule has 0 aromatic heterocycles. The van der Waals surface area contributed by atoms with Gasteiger partial charge >= 0.3 is 0 Å². The number of benzene rings is 1. The molecular weight excluding hydrogens is 208 g/mol. The number of anilines is 1. The van der Waals surface area contributed by atoms with E-state index in [0.29, 0.717) is 0 Å². The van der Waals surface area contributed by atoms with Gasteiger partial charge in [-0.15, -0.1) is 0 Å². The second kappa shape index (κ2) is 5.99. The quantitative estimate of drug-likeness (QED) is 0.782. The first-order valence-corrected chi connectivity index (χ1v) is 5.81. The SMILES string of the molecule is CCCN(CC)Cc1cc(Cl)ccc1N. The topological polar surface area (TPSA) is 29.3 Å². The van der Waals surface area contributed by atoms with Gasteiger partial charge in [0.1, 0.15) is 0 Å². The summed E-state index contributed by atoms with van der Waals surface area (Å²) in [6.45, 7) is 7.37. The number of rotatable bonds is 5. The summed E-state index contributed by atoms with van der Waals surface area (Å²) in [5, 5.41) is 0.756. The van der Waals surface area contributed by atoms with Crippen molar-refractivity contribution in [2.24, 2.45) is 0 Å². The molecule has 3 heteroatoms. The lowest BCUT2D eigenvalue weighted by molar-refractivity contribution is 0.281. The summed E-state index contributed by atoms with van der Waals surface area (Å²) in [5.74, 6) is 0. The highest BCUT2D eigenvalue weighted by Crippen LogP contribution is 2.19. The molecule has 1 rings (SSSR count). The molecule has 1 aromatic carbocycles. The first-order chi connectivity index (χ1) is 7.17. The highest BCUT2D eigenvalue weighted by atomic mass is 35.5. The van der Waals surface area contributed by atoms with Crippen molar-refractivity contribution < 1.29 is 0 Å². The molecule has 0 spiro atoms. The Bertz CT molecular complexity index is 312. The summed E-state index contributed by atoms with van der Waals surface area (Å²) in [6.07, 6.45) is 1.16. The Morgan fingerprint density at radius 3 is 2.67 bits per heavy atom. The van der Waals surface area contributed by atoms with E-state index in [-0.39, 0.29) is 0 Å². The van der Waals surface area contributed by atoms with E-state index >= 15 is 0 Å². The average Bonchev–Trinajstić information content (AvgIpc) is 2.22. The summed E-state index contributed by atoms with van der Waals surface area (Å²) < 4.78 is 0. The second-order valence-electron chi connectivity index (χ2n) is 3.71. The van der Waals surface area contributed by atoms with E-state index in [2.05, 4.69) is 18.7 Å². The number of hydrogen-bond donors (Lipinski definition) is 1. The zero-order valence-electron chi connectivity index (χ0n) is 9.46. The van der Waals surface area contributed by atoms with Crippen LogP contribution in [0, 0.1) is 0 Å². The highest BCUT2D eigenvalue weighted by molar-refractivity contribution is 6.30. The molecule has 2 nitrogen and oxygen atoms in total. The molecular formula is C12H19ClN2. The lowest BCUT2D eigenvalue weighted by atomic mass is 10.1. The summed E-state index contributed by atoms with van der Waals surface area (Å²) in [5.41, 5.74) is 7.85. The monoisotopic (exact) mass is 226 g/mol. The summed E-state index contributed by atoms with van der Waals surface area (Å²) in [4.78, 5) is 2.36.